The number of nitrogens with zero attached hydrogens (tertiary/aromatic N) is 4. The smallest absolute Gasteiger partial charge is 0.387 e. The Balaban J connectivity index is 1.78. The van der Waals surface area contributed by atoms with E-state index in [-0.39, 0.29) is 17.0 Å². The highest BCUT2D eigenvalue weighted by Crippen LogP contribution is 2.66. The van der Waals surface area contributed by atoms with Gasteiger partial charge in [0.25, 0.3) is 0 Å². The molecule has 0 aromatic carbocycles. The zero-order valence-corrected chi connectivity index (χ0v) is 20.5. The van der Waals surface area contributed by atoms with Crippen LogP contribution in [0.1, 0.15) is 13.2 Å². The minimum Gasteiger partial charge on any atom is -0.387 e. The number of thioether (sulfide) groups is 1. The highest BCUT2D eigenvalue weighted by molar-refractivity contribution is 7.99. The molecule has 1 aliphatic rings. The molecule has 18 nitrogen and oxygen atoms in total. The van der Waals surface area contributed by atoms with Crippen molar-refractivity contribution in [1.29, 1.82) is 0 Å². The van der Waals surface area contributed by atoms with E-state index >= 15 is 0 Å². The molecule has 192 valence electrons. The van der Waals surface area contributed by atoms with E-state index in [1.54, 1.807) is 0 Å². The zero-order chi connectivity index (χ0) is 25.5. The summed E-state index contributed by atoms with van der Waals surface area (Å²) in [6.45, 7) is 0.869. The zero-order valence-electron chi connectivity index (χ0n) is 17.0. The van der Waals surface area contributed by atoms with Gasteiger partial charge in [0.1, 0.15) is 24.6 Å². The van der Waals surface area contributed by atoms with Gasteiger partial charge in [-0.2, -0.15) is 8.62 Å². The van der Waals surface area contributed by atoms with Gasteiger partial charge in [-0.25, -0.2) is 28.6 Å². The summed E-state index contributed by atoms with van der Waals surface area (Å²) in [6.07, 6.45) is -4.92. The fourth-order valence-corrected chi connectivity index (χ4v) is 6.69. The molecule has 0 bridgehead atoms. The van der Waals surface area contributed by atoms with Gasteiger partial charge >= 0.3 is 23.5 Å². The second-order valence-electron chi connectivity index (χ2n) is 6.56. The van der Waals surface area contributed by atoms with Crippen LogP contribution in [0.5, 0.6) is 0 Å². The molecule has 3 rings (SSSR count). The fourth-order valence-electron chi connectivity index (χ4n) is 2.92. The topological polar surface area (TPSA) is 279 Å². The average Bonchev–Trinajstić information content (AvgIpc) is 3.16. The van der Waals surface area contributed by atoms with Gasteiger partial charge in [-0.15, -0.1) is 0 Å². The second kappa shape index (κ2) is 10.2. The van der Waals surface area contributed by atoms with Gasteiger partial charge in [-0.3, -0.25) is 9.09 Å². The minimum atomic E-state index is -5.72. The molecule has 0 amide bonds. The Morgan fingerprint density at radius 2 is 1.79 bits per heavy atom. The second-order valence-corrected chi connectivity index (χ2v) is 12.2. The molecule has 0 saturated carbocycles. The highest BCUT2D eigenvalue weighted by Gasteiger charge is 2.47. The van der Waals surface area contributed by atoms with Crippen LogP contribution in [0.3, 0.4) is 0 Å². The molecule has 6 atom stereocenters. The van der Waals surface area contributed by atoms with E-state index in [1.165, 1.54) is 16.3 Å². The first-order valence-electron chi connectivity index (χ1n) is 9.05. The van der Waals surface area contributed by atoms with Crippen LogP contribution in [0.2, 0.25) is 0 Å². The van der Waals surface area contributed by atoms with Gasteiger partial charge in [0.15, 0.2) is 28.4 Å². The number of aromatic nitrogens is 4. The number of anilines is 1. The minimum absolute atomic E-state index is 0.0546. The third-order valence-electron chi connectivity index (χ3n) is 4.16. The van der Waals surface area contributed by atoms with E-state index in [4.69, 9.17) is 20.3 Å². The Kier molecular flexibility index (Phi) is 8.24. The molecule has 1 aliphatic heterocycles. The van der Waals surface area contributed by atoms with Crippen molar-refractivity contribution in [3.05, 3.63) is 6.33 Å². The molecule has 22 heteroatoms. The van der Waals surface area contributed by atoms with Gasteiger partial charge in [-0.1, -0.05) is 18.7 Å². The van der Waals surface area contributed by atoms with Gasteiger partial charge in [0.05, 0.1) is 6.61 Å². The van der Waals surface area contributed by atoms with Gasteiger partial charge < -0.3 is 40.3 Å². The Morgan fingerprint density at radius 3 is 2.41 bits per heavy atom. The highest BCUT2D eigenvalue weighted by atomic mass is 32.2. The van der Waals surface area contributed by atoms with E-state index in [0.717, 1.165) is 6.33 Å². The number of hydrogen-bond donors (Lipinski definition) is 7. The first-order chi connectivity index (χ1) is 15.6. The van der Waals surface area contributed by atoms with Gasteiger partial charge in [-0.05, 0) is 5.75 Å². The number of aliphatic hydroxyl groups is 2. The lowest BCUT2D eigenvalue weighted by molar-refractivity contribution is -0.0540. The number of fused-ring (bicyclic) bond motifs is 1. The Bertz CT molecular complexity index is 1190. The van der Waals surface area contributed by atoms with Crippen molar-refractivity contribution >= 4 is 52.2 Å². The largest absolute Gasteiger partial charge is 0.490 e. The van der Waals surface area contributed by atoms with Crippen LogP contribution in [0.25, 0.3) is 11.2 Å². The molecule has 2 aromatic rings. The molecule has 1 saturated heterocycles. The fraction of sp³-hybridized carbons (Fsp3) is 0.583. The van der Waals surface area contributed by atoms with Crippen molar-refractivity contribution in [3.8, 4) is 0 Å². The lowest BCUT2D eigenvalue weighted by Gasteiger charge is -2.19. The standard InChI is InChI=1S/C12H20N5O13P3S/c1-2-34-12-16-6-9(13)14-4-15-10(6)17(12)11-8(19)7(18)5(28-11)3-27-32(23,24)30-33(25,26)29-31(20,21)22/h4-5,7-8,11,18-19H,2-3H2,1H3,(H,23,24)(H,25,26)(H2,13,14,15)(H2,20,21,22)/t5-,7-,8-,11?/m1/s1. The maximum absolute atomic E-state index is 11.9. The Morgan fingerprint density at radius 1 is 1.12 bits per heavy atom. The molecule has 34 heavy (non-hydrogen) atoms. The third kappa shape index (κ3) is 6.40. The summed E-state index contributed by atoms with van der Waals surface area (Å²) >= 11 is 1.24. The molecule has 3 heterocycles. The van der Waals surface area contributed by atoms with Gasteiger partial charge in [0.2, 0.25) is 0 Å². The van der Waals surface area contributed by atoms with Crippen molar-refractivity contribution in [3.63, 3.8) is 0 Å². The Labute approximate surface area is 194 Å². The van der Waals surface area contributed by atoms with E-state index in [0.29, 0.717) is 10.9 Å². The molecular weight excluding hydrogens is 547 g/mol. The van der Waals surface area contributed by atoms with E-state index in [1.807, 2.05) is 6.92 Å². The lowest BCUT2D eigenvalue weighted by Crippen LogP contribution is -2.33. The summed E-state index contributed by atoms with van der Waals surface area (Å²) in [5, 5.41) is 21.2. The summed E-state index contributed by atoms with van der Waals surface area (Å²) in [4.78, 5) is 48.1. The molecule has 8 N–H and O–H groups in total. The van der Waals surface area contributed by atoms with Crippen molar-refractivity contribution in [2.75, 3.05) is 18.1 Å². The van der Waals surface area contributed by atoms with Crippen LogP contribution in [-0.4, -0.2) is 80.0 Å². The summed E-state index contributed by atoms with van der Waals surface area (Å²) in [6, 6.07) is 0. The number of phosphoric acid groups is 3. The van der Waals surface area contributed by atoms with Gasteiger partial charge in [0, 0.05) is 0 Å². The SMILES string of the molecule is CCSc1nc2c(N)ncnc2n1C1O[C@H](COP(=O)(O)OP(=O)(O)OP(=O)(O)O)[C@@H](O)[C@H]1O. The van der Waals surface area contributed by atoms with Crippen LogP contribution >= 0.6 is 35.2 Å². The first-order valence-corrected chi connectivity index (χ1v) is 14.6. The van der Waals surface area contributed by atoms with Crippen molar-refractivity contribution < 1.29 is 61.4 Å². The summed E-state index contributed by atoms with van der Waals surface area (Å²) in [7, 11) is -16.7. The van der Waals surface area contributed by atoms with E-state index in [2.05, 4.69) is 28.1 Å². The predicted octanol–water partition coefficient (Wildman–Crippen LogP) is -0.517. The molecule has 1 fully saturated rings. The van der Waals surface area contributed by atoms with Crippen LogP contribution in [-0.2, 0) is 31.6 Å². The first kappa shape index (κ1) is 27.6. The summed E-state index contributed by atoms with van der Waals surface area (Å²) in [5.74, 6) is 0.608. The summed E-state index contributed by atoms with van der Waals surface area (Å²) < 4.78 is 52.6. The van der Waals surface area contributed by atoms with E-state index < -0.39 is 54.6 Å². The maximum Gasteiger partial charge on any atom is 0.490 e. The molecule has 2 aromatic heterocycles. The number of aliphatic hydroxyl groups excluding tert-OH is 2. The van der Waals surface area contributed by atoms with E-state index in [9.17, 15) is 33.7 Å². The number of rotatable bonds is 10. The number of nitrogens with two attached hydrogens (primary N) is 1. The number of hydrogen-bond acceptors (Lipinski definition) is 14. The number of ether oxygens (including phenoxy) is 1. The number of phosphoric ester groups is 1. The number of imidazole rings is 1. The monoisotopic (exact) mass is 567 g/mol. The molecule has 0 spiro atoms. The molecular formula is C12H20N5O13P3S. The lowest BCUT2D eigenvalue weighted by atomic mass is 10.1. The number of nitrogen functional groups attached to an aromatic ring is 1. The van der Waals surface area contributed by atoms with Crippen LogP contribution in [0.15, 0.2) is 11.5 Å². The quantitative estimate of drug-likeness (QED) is 0.140. The predicted molar refractivity (Wildman–Crippen MR) is 112 cm³/mol. The third-order valence-corrected chi connectivity index (χ3v) is 8.79. The molecule has 3 unspecified atom stereocenters. The summed E-state index contributed by atoms with van der Waals surface area (Å²) in [5.41, 5.74) is 6.21. The van der Waals surface area contributed by atoms with Crippen molar-refractivity contribution in [2.45, 2.75) is 36.6 Å². The Hall–Kier alpha value is -1.01. The van der Waals surface area contributed by atoms with Crippen LogP contribution in [0, 0.1) is 0 Å². The van der Waals surface area contributed by atoms with Crippen LogP contribution < -0.4 is 5.73 Å². The average molecular weight is 567 g/mol. The molecule has 0 radical (unpaired) electrons. The maximum atomic E-state index is 11.9. The van der Waals surface area contributed by atoms with Crippen molar-refractivity contribution in [1.82, 2.24) is 19.5 Å². The molecule has 0 aliphatic carbocycles. The van der Waals surface area contributed by atoms with Crippen molar-refractivity contribution in [2.24, 2.45) is 0 Å². The van der Waals surface area contributed by atoms with Crippen LogP contribution in [0.4, 0.5) is 5.82 Å². The normalized spacial score (nSPS) is 27.0.